The molecule has 0 radical (unpaired) electrons. The first-order valence-electron chi connectivity index (χ1n) is 6.73. The van der Waals surface area contributed by atoms with Gasteiger partial charge in [-0.05, 0) is 24.7 Å². The van der Waals surface area contributed by atoms with E-state index >= 15 is 0 Å². The van der Waals surface area contributed by atoms with E-state index in [1.165, 1.54) is 6.07 Å². The molecule has 0 aromatic carbocycles. The fraction of sp³-hybridized carbons (Fsp3) is 0.333. The fourth-order valence-electron chi connectivity index (χ4n) is 1.76. The Bertz CT molecular complexity index is 578. The van der Waals surface area contributed by atoms with Crippen molar-refractivity contribution in [3.63, 3.8) is 0 Å². The van der Waals surface area contributed by atoms with Gasteiger partial charge in [-0.1, -0.05) is 13.0 Å². The predicted octanol–water partition coefficient (Wildman–Crippen LogP) is 1.43. The van der Waals surface area contributed by atoms with E-state index in [4.69, 9.17) is 4.74 Å². The highest BCUT2D eigenvalue weighted by atomic mass is 16.5. The van der Waals surface area contributed by atoms with Crippen LogP contribution in [0.3, 0.4) is 0 Å². The van der Waals surface area contributed by atoms with Gasteiger partial charge >= 0.3 is 0 Å². The van der Waals surface area contributed by atoms with Gasteiger partial charge in [0.25, 0.3) is 5.56 Å². The number of ether oxygens (including phenoxy) is 1. The molecule has 0 aliphatic heterocycles. The number of hydrogen-bond acceptors (Lipinski definition) is 4. The minimum absolute atomic E-state index is 0.0183. The predicted molar refractivity (Wildman–Crippen MR) is 77.8 cm³/mol. The van der Waals surface area contributed by atoms with Gasteiger partial charge in [0, 0.05) is 18.8 Å². The Morgan fingerprint density at radius 1 is 1.30 bits per heavy atom. The third-order valence-corrected chi connectivity index (χ3v) is 2.85. The van der Waals surface area contributed by atoms with Gasteiger partial charge in [0.1, 0.15) is 12.4 Å². The Labute approximate surface area is 118 Å². The molecule has 0 saturated heterocycles. The highest BCUT2D eigenvalue weighted by Crippen LogP contribution is 2.08. The lowest BCUT2D eigenvalue weighted by Gasteiger charge is -2.08. The molecule has 0 aliphatic carbocycles. The van der Waals surface area contributed by atoms with Crippen molar-refractivity contribution in [1.82, 2.24) is 14.9 Å². The van der Waals surface area contributed by atoms with E-state index < -0.39 is 0 Å². The SMILES string of the molecule is CCNCc1ccc(OCCn2ccccc2=O)cn1. The van der Waals surface area contributed by atoms with E-state index in [2.05, 4.69) is 17.2 Å². The van der Waals surface area contributed by atoms with E-state index in [0.29, 0.717) is 18.9 Å². The minimum atomic E-state index is -0.0183. The second-order valence-electron chi connectivity index (χ2n) is 4.35. The zero-order valence-corrected chi connectivity index (χ0v) is 11.6. The summed E-state index contributed by atoms with van der Waals surface area (Å²) in [5, 5.41) is 3.21. The van der Waals surface area contributed by atoms with Crippen LogP contribution in [0.2, 0.25) is 0 Å². The van der Waals surface area contributed by atoms with Crippen LogP contribution in [0, 0.1) is 0 Å². The van der Waals surface area contributed by atoms with Crippen LogP contribution in [0.5, 0.6) is 5.75 Å². The molecular weight excluding hydrogens is 254 g/mol. The molecule has 1 N–H and O–H groups in total. The van der Waals surface area contributed by atoms with E-state index in [9.17, 15) is 4.79 Å². The molecule has 5 nitrogen and oxygen atoms in total. The van der Waals surface area contributed by atoms with Gasteiger partial charge in [0.15, 0.2) is 0 Å². The Hall–Kier alpha value is -2.14. The number of pyridine rings is 2. The van der Waals surface area contributed by atoms with E-state index in [1.54, 1.807) is 23.0 Å². The molecule has 0 amide bonds. The van der Waals surface area contributed by atoms with E-state index in [1.807, 2.05) is 18.2 Å². The van der Waals surface area contributed by atoms with Gasteiger partial charge in [0.2, 0.25) is 0 Å². The summed E-state index contributed by atoms with van der Waals surface area (Å²) in [6.07, 6.45) is 3.46. The first-order chi connectivity index (χ1) is 9.79. The molecular formula is C15H19N3O2. The van der Waals surface area contributed by atoms with Crippen LogP contribution >= 0.6 is 0 Å². The van der Waals surface area contributed by atoms with Gasteiger partial charge in [0.05, 0.1) is 18.4 Å². The molecule has 0 bridgehead atoms. The van der Waals surface area contributed by atoms with Crippen molar-refractivity contribution in [2.75, 3.05) is 13.2 Å². The molecule has 0 atom stereocenters. The maximum atomic E-state index is 11.5. The largest absolute Gasteiger partial charge is 0.490 e. The molecule has 0 saturated carbocycles. The molecule has 2 aromatic heterocycles. The molecule has 0 spiro atoms. The number of rotatable bonds is 7. The van der Waals surface area contributed by atoms with Gasteiger partial charge in [-0.25, -0.2) is 0 Å². The van der Waals surface area contributed by atoms with Crippen molar-refractivity contribution in [1.29, 1.82) is 0 Å². The summed E-state index contributed by atoms with van der Waals surface area (Å²) in [7, 11) is 0. The number of hydrogen-bond donors (Lipinski definition) is 1. The summed E-state index contributed by atoms with van der Waals surface area (Å²) in [6.45, 7) is 4.71. The highest BCUT2D eigenvalue weighted by Gasteiger charge is 1.98. The van der Waals surface area contributed by atoms with Gasteiger partial charge in [-0.15, -0.1) is 0 Å². The number of nitrogens with zero attached hydrogens (tertiary/aromatic N) is 2. The second kappa shape index (κ2) is 7.45. The van der Waals surface area contributed by atoms with Crippen molar-refractivity contribution in [3.8, 4) is 5.75 Å². The number of aromatic nitrogens is 2. The topological polar surface area (TPSA) is 56.1 Å². The third-order valence-electron chi connectivity index (χ3n) is 2.85. The van der Waals surface area contributed by atoms with E-state index in [-0.39, 0.29) is 5.56 Å². The average Bonchev–Trinajstić information content (AvgIpc) is 2.48. The average molecular weight is 273 g/mol. The molecule has 106 valence electrons. The Kier molecular flexibility index (Phi) is 5.32. The Balaban J connectivity index is 1.82. The third kappa shape index (κ3) is 4.20. The van der Waals surface area contributed by atoms with Gasteiger partial charge in [-0.3, -0.25) is 9.78 Å². The summed E-state index contributed by atoms with van der Waals surface area (Å²) in [5.41, 5.74) is 0.966. The van der Waals surface area contributed by atoms with Crippen LogP contribution in [-0.4, -0.2) is 22.7 Å². The van der Waals surface area contributed by atoms with Crippen LogP contribution in [-0.2, 0) is 13.1 Å². The molecule has 2 rings (SSSR count). The van der Waals surface area contributed by atoms with Crippen LogP contribution in [0.25, 0.3) is 0 Å². The van der Waals surface area contributed by atoms with Crippen molar-refractivity contribution in [3.05, 3.63) is 58.8 Å². The van der Waals surface area contributed by atoms with Crippen molar-refractivity contribution >= 4 is 0 Å². The van der Waals surface area contributed by atoms with Crippen molar-refractivity contribution in [2.45, 2.75) is 20.0 Å². The summed E-state index contributed by atoms with van der Waals surface area (Å²) < 4.78 is 7.20. The Morgan fingerprint density at radius 3 is 2.90 bits per heavy atom. The molecule has 20 heavy (non-hydrogen) atoms. The maximum Gasteiger partial charge on any atom is 0.250 e. The highest BCUT2D eigenvalue weighted by molar-refractivity contribution is 5.19. The zero-order chi connectivity index (χ0) is 14.2. The first kappa shape index (κ1) is 14.3. The fourth-order valence-corrected chi connectivity index (χ4v) is 1.76. The van der Waals surface area contributed by atoms with Gasteiger partial charge < -0.3 is 14.6 Å². The lowest BCUT2D eigenvalue weighted by Crippen LogP contribution is -2.21. The standard InChI is InChI=1S/C15H19N3O2/c1-2-16-11-13-6-7-14(12-17-13)20-10-9-18-8-4-3-5-15(18)19/h3-8,12,16H,2,9-11H2,1H3. The first-order valence-corrected chi connectivity index (χ1v) is 6.73. The normalized spacial score (nSPS) is 10.4. The monoisotopic (exact) mass is 273 g/mol. The molecule has 0 fully saturated rings. The molecule has 2 aromatic rings. The Morgan fingerprint density at radius 2 is 2.20 bits per heavy atom. The quantitative estimate of drug-likeness (QED) is 0.829. The molecule has 2 heterocycles. The molecule has 0 unspecified atom stereocenters. The van der Waals surface area contributed by atoms with Crippen LogP contribution in [0.4, 0.5) is 0 Å². The lowest BCUT2D eigenvalue weighted by atomic mass is 10.3. The summed E-state index contributed by atoms with van der Waals surface area (Å²) in [4.78, 5) is 15.8. The number of nitrogens with one attached hydrogen (secondary N) is 1. The zero-order valence-electron chi connectivity index (χ0n) is 11.6. The van der Waals surface area contributed by atoms with Crippen LogP contribution in [0.15, 0.2) is 47.5 Å². The minimum Gasteiger partial charge on any atom is -0.490 e. The van der Waals surface area contributed by atoms with Crippen molar-refractivity contribution < 1.29 is 4.74 Å². The molecule has 0 aliphatic rings. The summed E-state index contributed by atoms with van der Waals surface area (Å²) >= 11 is 0. The van der Waals surface area contributed by atoms with Crippen LogP contribution in [0.1, 0.15) is 12.6 Å². The van der Waals surface area contributed by atoms with Gasteiger partial charge in [-0.2, -0.15) is 0 Å². The lowest BCUT2D eigenvalue weighted by molar-refractivity contribution is 0.295. The maximum absolute atomic E-state index is 11.5. The molecule has 5 heteroatoms. The van der Waals surface area contributed by atoms with Crippen molar-refractivity contribution in [2.24, 2.45) is 0 Å². The van der Waals surface area contributed by atoms with E-state index in [0.717, 1.165) is 18.8 Å². The summed E-state index contributed by atoms with van der Waals surface area (Å²) in [6, 6.07) is 8.93. The second-order valence-corrected chi connectivity index (χ2v) is 4.35. The summed E-state index contributed by atoms with van der Waals surface area (Å²) in [5.74, 6) is 0.717. The van der Waals surface area contributed by atoms with Crippen LogP contribution < -0.4 is 15.6 Å². The smallest absolute Gasteiger partial charge is 0.250 e.